The molecule has 0 aliphatic carbocycles. The molecular formula is C19H20F3N3O. The summed E-state index contributed by atoms with van der Waals surface area (Å²) in [5.41, 5.74) is 1.15. The van der Waals surface area contributed by atoms with Crippen LogP contribution in [0.4, 0.5) is 13.2 Å². The average molecular weight is 363 g/mol. The fraction of sp³-hybridized carbons (Fsp3) is 0.316. The Balaban J connectivity index is 1.64. The second-order valence-corrected chi connectivity index (χ2v) is 6.45. The van der Waals surface area contributed by atoms with Crippen LogP contribution in [-0.4, -0.2) is 50.1 Å². The second-order valence-electron chi connectivity index (χ2n) is 6.45. The Bertz CT molecular complexity index is 772. The smallest absolute Gasteiger partial charge is 0.251 e. The summed E-state index contributed by atoms with van der Waals surface area (Å²) in [7, 11) is 2.04. The van der Waals surface area contributed by atoms with E-state index in [2.05, 4.69) is 15.5 Å². The first-order valence-electron chi connectivity index (χ1n) is 8.39. The second kappa shape index (κ2) is 7.88. The number of piperazine rings is 1. The maximum absolute atomic E-state index is 13.3. The Hall–Kier alpha value is -2.38. The van der Waals surface area contributed by atoms with Crippen molar-refractivity contribution in [2.75, 3.05) is 33.2 Å². The van der Waals surface area contributed by atoms with Crippen LogP contribution in [0.15, 0.2) is 36.4 Å². The maximum Gasteiger partial charge on any atom is 0.251 e. The van der Waals surface area contributed by atoms with E-state index in [4.69, 9.17) is 0 Å². The molecule has 1 aliphatic rings. The summed E-state index contributed by atoms with van der Waals surface area (Å²) >= 11 is 0. The molecule has 0 aromatic heterocycles. The van der Waals surface area contributed by atoms with E-state index in [0.717, 1.165) is 31.8 Å². The fourth-order valence-corrected chi connectivity index (χ4v) is 2.98. The van der Waals surface area contributed by atoms with Crippen LogP contribution in [0.2, 0.25) is 0 Å². The standard InChI is InChI=1S/C19H20F3N3O/c1-25-7-6-23-15(11-25)10-24-19(26)13-4-2-12(3-5-13)14-8-16(20)18(22)17(21)9-14/h2-5,8-9,15,23H,6-7,10-11H2,1H3,(H,24,26)/t15-/m1/s1. The number of carbonyl (C=O) groups is 1. The first-order chi connectivity index (χ1) is 12.4. The minimum atomic E-state index is -1.49. The maximum atomic E-state index is 13.3. The highest BCUT2D eigenvalue weighted by Crippen LogP contribution is 2.24. The van der Waals surface area contributed by atoms with Gasteiger partial charge in [-0.15, -0.1) is 0 Å². The van der Waals surface area contributed by atoms with Crippen molar-refractivity contribution in [2.24, 2.45) is 0 Å². The molecule has 0 spiro atoms. The van der Waals surface area contributed by atoms with Crippen molar-refractivity contribution in [3.05, 3.63) is 59.4 Å². The van der Waals surface area contributed by atoms with Gasteiger partial charge in [0.25, 0.3) is 5.91 Å². The molecule has 1 amide bonds. The third-order valence-electron chi connectivity index (χ3n) is 4.43. The van der Waals surface area contributed by atoms with Gasteiger partial charge in [0.2, 0.25) is 0 Å². The largest absolute Gasteiger partial charge is 0.350 e. The number of likely N-dealkylation sites (N-methyl/N-ethyl adjacent to an activating group) is 1. The number of nitrogens with zero attached hydrogens (tertiary/aromatic N) is 1. The molecule has 2 aromatic carbocycles. The highest BCUT2D eigenvalue weighted by atomic mass is 19.2. The van der Waals surface area contributed by atoms with E-state index in [1.165, 1.54) is 0 Å². The number of halogens is 3. The third kappa shape index (κ3) is 4.23. The van der Waals surface area contributed by atoms with E-state index in [9.17, 15) is 18.0 Å². The van der Waals surface area contributed by atoms with Gasteiger partial charge in [0.15, 0.2) is 17.5 Å². The van der Waals surface area contributed by atoms with Crippen LogP contribution < -0.4 is 10.6 Å². The predicted octanol–water partition coefficient (Wildman–Crippen LogP) is 2.40. The number of carbonyl (C=O) groups excluding carboxylic acids is 1. The number of hydrogen-bond donors (Lipinski definition) is 2. The zero-order chi connectivity index (χ0) is 18.7. The minimum absolute atomic E-state index is 0.196. The van der Waals surface area contributed by atoms with Crippen molar-refractivity contribution >= 4 is 5.91 Å². The summed E-state index contributed by atoms with van der Waals surface area (Å²) in [5, 5.41) is 6.22. The van der Waals surface area contributed by atoms with Gasteiger partial charge in [0.1, 0.15) is 0 Å². The van der Waals surface area contributed by atoms with Crippen LogP contribution in [0.25, 0.3) is 11.1 Å². The van der Waals surface area contributed by atoms with Gasteiger partial charge in [0.05, 0.1) is 0 Å². The molecule has 1 atom stereocenters. The van der Waals surface area contributed by atoms with Crippen LogP contribution >= 0.6 is 0 Å². The molecule has 2 aromatic rings. The lowest BCUT2D eigenvalue weighted by atomic mass is 10.0. The monoisotopic (exact) mass is 363 g/mol. The molecule has 0 unspecified atom stereocenters. The highest BCUT2D eigenvalue weighted by Gasteiger charge is 2.17. The van der Waals surface area contributed by atoms with Crippen LogP contribution in [-0.2, 0) is 0 Å². The van der Waals surface area contributed by atoms with Gasteiger partial charge in [-0.25, -0.2) is 13.2 Å². The number of rotatable bonds is 4. The Labute approximate surface area is 150 Å². The lowest BCUT2D eigenvalue weighted by Gasteiger charge is -2.30. The molecule has 26 heavy (non-hydrogen) atoms. The number of hydrogen-bond acceptors (Lipinski definition) is 3. The van der Waals surface area contributed by atoms with Gasteiger partial charge in [-0.05, 0) is 42.4 Å². The van der Waals surface area contributed by atoms with Crippen LogP contribution in [0.3, 0.4) is 0 Å². The first kappa shape index (κ1) is 18.4. The normalized spacial score (nSPS) is 17.9. The van der Waals surface area contributed by atoms with Crippen molar-refractivity contribution in [2.45, 2.75) is 6.04 Å². The molecule has 0 bridgehead atoms. The summed E-state index contributed by atoms with van der Waals surface area (Å²) in [4.78, 5) is 14.4. The summed E-state index contributed by atoms with van der Waals surface area (Å²) in [6.07, 6.45) is 0. The first-order valence-corrected chi connectivity index (χ1v) is 8.39. The Morgan fingerprint density at radius 1 is 1.15 bits per heavy atom. The number of amides is 1. The van der Waals surface area contributed by atoms with Gasteiger partial charge in [-0.2, -0.15) is 0 Å². The Morgan fingerprint density at radius 3 is 2.42 bits per heavy atom. The van der Waals surface area contributed by atoms with Gasteiger partial charge < -0.3 is 15.5 Å². The van der Waals surface area contributed by atoms with Gasteiger partial charge >= 0.3 is 0 Å². The minimum Gasteiger partial charge on any atom is -0.350 e. The molecule has 138 valence electrons. The van der Waals surface area contributed by atoms with Crippen molar-refractivity contribution in [1.29, 1.82) is 0 Å². The SMILES string of the molecule is CN1CCN[C@H](CNC(=O)c2ccc(-c3cc(F)c(F)c(F)c3)cc2)C1. The topological polar surface area (TPSA) is 44.4 Å². The molecule has 3 rings (SSSR count). The average Bonchev–Trinajstić information content (AvgIpc) is 2.64. The zero-order valence-electron chi connectivity index (χ0n) is 14.4. The Morgan fingerprint density at radius 2 is 1.81 bits per heavy atom. The van der Waals surface area contributed by atoms with Gasteiger partial charge in [-0.3, -0.25) is 4.79 Å². The predicted molar refractivity (Wildman–Crippen MR) is 93.4 cm³/mol. The van der Waals surface area contributed by atoms with E-state index < -0.39 is 17.5 Å². The lowest BCUT2D eigenvalue weighted by Crippen LogP contribution is -2.53. The molecule has 4 nitrogen and oxygen atoms in total. The lowest BCUT2D eigenvalue weighted by molar-refractivity contribution is 0.0944. The summed E-state index contributed by atoms with van der Waals surface area (Å²) in [6.45, 7) is 3.24. The third-order valence-corrected chi connectivity index (χ3v) is 4.43. The van der Waals surface area contributed by atoms with E-state index in [1.54, 1.807) is 24.3 Å². The molecule has 7 heteroatoms. The number of benzene rings is 2. The van der Waals surface area contributed by atoms with Crippen molar-refractivity contribution in [3.8, 4) is 11.1 Å². The van der Waals surface area contributed by atoms with Crippen LogP contribution in [0.5, 0.6) is 0 Å². The van der Waals surface area contributed by atoms with Crippen molar-refractivity contribution in [3.63, 3.8) is 0 Å². The fourth-order valence-electron chi connectivity index (χ4n) is 2.98. The summed E-state index contributed by atoms with van der Waals surface area (Å²) < 4.78 is 39.7. The van der Waals surface area contributed by atoms with Gasteiger partial charge in [0, 0.05) is 37.8 Å². The van der Waals surface area contributed by atoms with Crippen LogP contribution in [0.1, 0.15) is 10.4 Å². The summed E-state index contributed by atoms with van der Waals surface area (Å²) in [5.74, 6) is -4.20. The molecule has 1 fully saturated rings. The molecule has 0 saturated carbocycles. The molecular weight excluding hydrogens is 343 g/mol. The highest BCUT2D eigenvalue weighted by molar-refractivity contribution is 5.94. The zero-order valence-corrected chi connectivity index (χ0v) is 14.4. The molecule has 1 saturated heterocycles. The Kier molecular flexibility index (Phi) is 5.58. The van der Waals surface area contributed by atoms with E-state index in [-0.39, 0.29) is 17.5 Å². The van der Waals surface area contributed by atoms with Crippen molar-refractivity contribution in [1.82, 2.24) is 15.5 Å². The molecule has 2 N–H and O–H groups in total. The van der Waals surface area contributed by atoms with Crippen molar-refractivity contribution < 1.29 is 18.0 Å². The quantitative estimate of drug-likeness (QED) is 0.820. The van der Waals surface area contributed by atoms with E-state index in [1.807, 2.05) is 7.05 Å². The molecule has 0 radical (unpaired) electrons. The van der Waals surface area contributed by atoms with E-state index >= 15 is 0 Å². The molecule has 1 heterocycles. The van der Waals surface area contributed by atoms with Crippen LogP contribution in [0, 0.1) is 17.5 Å². The summed E-state index contributed by atoms with van der Waals surface area (Å²) in [6, 6.07) is 8.36. The number of nitrogens with one attached hydrogen (secondary N) is 2. The molecule has 1 aliphatic heterocycles. The van der Waals surface area contributed by atoms with Gasteiger partial charge in [-0.1, -0.05) is 12.1 Å². The van der Waals surface area contributed by atoms with E-state index in [0.29, 0.717) is 17.7 Å².